The summed E-state index contributed by atoms with van der Waals surface area (Å²) in [5.74, 6) is 2.60. The highest BCUT2D eigenvalue weighted by Crippen LogP contribution is 2.42. The molecule has 3 aromatic carbocycles. The lowest BCUT2D eigenvalue weighted by molar-refractivity contribution is 0.108. The minimum atomic E-state index is -3.91. The molecule has 13 nitrogen and oxygen atoms in total. The van der Waals surface area contributed by atoms with Crippen molar-refractivity contribution >= 4 is 43.2 Å². The molecule has 16 heteroatoms. The zero-order valence-electron chi connectivity index (χ0n) is 32.7. The van der Waals surface area contributed by atoms with E-state index in [2.05, 4.69) is 41.4 Å². The first-order chi connectivity index (χ1) is 29.2. The standard InChI is InChI=1S/C44H42F2N10O3S/c1-2-33-36(45)15-12-26-6-3-9-34(37(26)33)39-38(46)40-35(20-47-39)42(54-21-29-13-14-30(22-54)50-29)52-43(51-40)59-24-44-16-5-17-55(44)23-31(19-44)49-28-7-4-8-32(18-28)60(57,58)56-25-48-41(53-56)27-10-11-27/h1,3-4,6-9,12,15,18,20,25,27,29-31,49-50H,5,10-11,13-14,16-17,19,21-24H2/t29-,30+,31-,44+/m1/s1. The SMILES string of the molecule is C#Cc1c(F)ccc2cccc(-c3ncc4c(N5C[C@H]6CC[C@@H](C5)N6)nc(OC[C@@]56CCCN5C[C@H](Nc5cccc(S(=O)(=O)n7cnc(C8CC8)n7)c5)C6)nc4c3F)c12. The minimum absolute atomic E-state index is 0.00797. The number of hydrogen-bond donors (Lipinski definition) is 2. The van der Waals surface area contributed by atoms with E-state index < -0.39 is 21.7 Å². The van der Waals surface area contributed by atoms with Gasteiger partial charge in [-0.05, 0) is 81.1 Å². The van der Waals surface area contributed by atoms with Crippen molar-refractivity contribution in [2.45, 2.75) is 79.4 Å². The molecule has 5 aliphatic rings. The van der Waals surface area contributed by atoms with Crippen LogP contribution in [0.25, 0.3) is 32.9 Å². The Hall–Kier alpha value is -5.76. The van der Waals surface area contributed by atoms with Crippen LogP contribution >= 0.6 is 0 Å². The predicted octanol–water partition coefficient (Wildman–Crippen LogP) is 5.85. The molecule has 5 fully saturated rings. The number of aromatic nitrogens is 6. The Morgan fingerprint density at radius 3 is 2.65 bits per heavy atom. The third-order valence-electron chi connectivity index (χ3n) is 13.0. The van der Waals surface area contributed by atoms with Crippen molar-refractivity contribution in [2.24, 2.45) is 0 Å². The van der Waals surface area contributed by atoms with Crippen LogP contribution in [0.15, 0.2) is 72.0 Å². The van der Waals surface area contributed by atoms with Crippen molar-refractivity contribution in [2.75, 3.05) is 43.0 Å². The second-order valence-electron chi connectivity index (χ2n) is 16.9. The molecule has 1 saturated carbocycles. The van der Waals surface area contributed by atoms with Crippen LogP contribution in [0.2, 0.25) is 0 Å². The molecule has 2 bridgehead atoms. The Labute approximate surface area is 345 Å². The van der Waals surface area contributed by atoms with Gasteiger partial charge >= 0.3 is 6.01 Å². The molecule has 60 heavy (non-hydrogen) atoms. The fourth-order valence-corrected chi connectivity index (χ4v) is 11.1. The number of halogens is 2. The lowest BCUT2D eigenvalue weighted by Gasteiger charge is -2.34. The fourth-order valence-electron chi connectivity index (χ4n) is 9.99. The molecule has 4 atom stereocenters. The lowest BCUT2D eigenvalue weighted by atomic mass is 9.93. The zero-order chi connectivity index (χ0) is 40.8. The van der Waals surface area contributed by atoms with Crippen molar-refractivity contribution in [3.8, 4) is 29.6 Å². The maximum Gasteiger partial charge on any atom is 0.319 e. The van der Waals surface area contributed by atoms with Crippen molar-refractivity contribution in [3.05, 3.63) is 90.1 Å². The molecule has 3 aromatic heterocycles. The van der Waals surface area contributed by atoms with Gasteiger partial charge < -0.3 is 20.3 Å². The average molecular weight is 829 g/mol. The summed E-state index contributed by atoms with van der Waals surface area (Å²) in [5.41, 5.74) is 0.849. The number of pyridine rings is 1. The molecule has 2 N–H and O–H groups in total. The van der Waals surface area contributed by atoms with Crippen LogP contribution in [-0.4, -0.2) is 98.9 Å². The van der Waals surface area contributed by atoms with E-state index in [4.69, 9.17) is 21.1 Å². The number of terminal acetylenes is 1. The van der Waals surface area contributed by atoms with Gasteiger partial charge in [0.1, 0.15) is 35.8 Å². The zero-order valence-corrected chi connectivity index (χ0v) is 33.5. The topological polar surface area (TPSA) is 143 Å². The first-order valence-corrected chi connectivity index (χ1v) is 22.1. The summed E-state index contributed by atoms with van der Waals surface area (Å²) in [7, 11) is -3.91. The van der Waals surface area contributed by atoms with E-state index in [1.807, 2.05) is 12.1 Å². The highest BCUT2D eigenvalue weighted by atomic mass is 32.2. The van der Waals surface area contributed by atoms with Crippen LogP contribution in [0, 0.1) is 24.0 Å². The maximum atomic E-state index is 17.1. The first-order valence-electron chi connectivity index (χ1n) is 20.6. The summed E-state index contributed by atoms with van der Waals surface area (Å²) in [6.07, 6.45) is 15.3. The molecule has 6 aromatic rings. The van der Waals surface area contributed by atoms with Gasteiger partial charge in [-0.2, -0.15) is 18.4 Å². The Balaban J connectivity index is 0.894. The molecule has 1 aliphatic carbocycles. The summed E-state index contributed by atoms with van der Waals surface area (Å²) in [5, 5.41) is 13.1. The van der Waals surface area contributed by atoms with Crippen LogP contribution in [0.5, 0.6) is 6.01 Å². The van der Waals surface area contributed by atoms with Gasteiger partial charge in [-0.25, -0.2) is 13.8 Å². The van der Waals surface area contributed by atoms with E-state index in [0.29, 0.717) is 64.2 Å². The van der Waals surface area contributed by atoms with Gasteiger partial charge in [0.15, 0.2) is 11.6 Å². The lowest BCUT2D eigenvalue weighted by Crippen LogP contribution is -2.51. The Bertz CT molecular complexity index is 2850. The Morgan fingerprint density at radius 1 is 1.00 bits per heavy atom. The number of fused-ring (bicyclic) bond motifs is 5. The monoisotopic (exact) mass is 828 g/mol. The van der Waals surface area contributed by atoms with Crippen LogP contribution in [0.4, 0.5) is 20.3 Å². The summed E-state index contributed by atoms with van der Waals surface area (Å²) < 4.78 is 66.6. The number of benzene rings is 3. The van der Waals surface area contributed by atoms with Crippen molar-refractivity contribution in [3.63, 3.8) is 0 Å². The maximum absolute atomic E-state index is 17.1. The second kappa shape index (κ2) is 14.2. The molecule has 0 amide bonds. The first kappa shape index (κ1) is 37.3. The van der Waals surface area contributed by atoms with Crippen molar-refractivity contribution in [1.82, 2.24) is 39.3 Å². The van der Waals surface area contributed by atoms with E-state index in [9.17, 15) is 12.8 Å². The minimum Gasteiger partial charge on any atom is -0.461 e. The Morgan fingerprint density at radius 2 is 1.83 bits per heavy atom. The van der Waals surface area contributed by atoms with E-state index in [-0.39, 0.29) is 51.8 Å². The van der Waals surface area contributed by atoms with Gasteiger partial charge in [0.2, 0.25) is 0 Å². The van der Waals surface area contributed by atoms with E-state index >= 15 is 4.39 Å². The van der Waals surface area contributed by atoms with Gasteiger partial charge in [-0.3, -0.25) is 9.88 Å². The van der Waals surface area contributed by atoms with E-state index in [1.165, 1.54) is 12.4 Å². The molecule has 306 valence electrons. The fraction of sp³-hybridized carbons (Fsp3) is 0.386. The van der Waals surface area contributed by atoms with E-state index in [0.717, 1.165) is 62.1 Å². The molecule has 0 radical (unpaired) electrons. The molecule has 4 saturated heterocycles. The van der Waals surface area contributed by atoms with Gasteiger partial charge in [-0.1, -0.05) is 36.3 Å². The smallest absolute Gasteiger partial charge is 0.319 e. The largest absolute Gasteiger partial charge is 0.461 e. The number of piperazine rings is 1. The third kappa shape index (κ3) is 6.33. The van der Waals surface area contributed by atoms with Gasteiger partial charge in [0.25, 0.3) is 10.0 Å². The highest BCUT2D eigenvalue weighted by molar-refractivity contribution is 7.89. The number of anilines is 2. The molecule has 7 heterocycles. The van der Waals surface area contributed by atoms with Gasteiger partial charge in [-0.15, -0.1) is 15.6 Å². The Kier molecular flexibility index (Phi) is 8.80. The van der Waals surface area contributed by atoms with Crippen LogP contribution < -0.4 is 20.3 Å². The molecular weight excluding hydrogens is 787 g/mol. The number of nitrogens with zero attached hydrogens (tertiary/aromatic N) is 8. The summed E-state index contributed by atoms with van der Waals surface area (Å²) >= 11 is 0. The quantitative estimate of drug-likeness (QED) is 0.160. The molecule has 0 spiro atoms. The van der Waals surface area contributed by atoms with Crippen LogP contribution in [-0.2, 0) is 10.0 Å². The number of ether oxygens (including phenoxy) is 1. The molecular formula is C44H42F2N10O3S. The number of nitrogens with one attached hydrogen (secondary N) is 2. The molecule has 0 unspecified atom stereocenters. The highest BCUT2D eigenvalue weighted by Gasteiger charge is 2.49. The molecule has 4 aliphatic heterocycles. The summed E-state index contributed by atoms with van der Waals surface area (Å²) in [4.78, 5) is 23.3. The summed E-state index contributed by atoms with van der Waals surface area (Å²) in [6, 6.07) is 15.7. The van der Waals surface area contributed by atoms with Crippen molar-refractivity contribution in [1.29, 1.82) is 0 Å². The van der Waals surface area contributed by atoms with Gasteiger partial charge in [0, 0.05) is 66.5 Å². The third-order valence-corrected chi connectivity index (χ3v) is 14.5. The number of hydrogen-bond acceptors (Lipinski definition) is 12. The normalized spacial score (nSPS) is 23.9. The second-order valence-corrected chi connectivity index (χ2v) is 18.7. The number of rotatable bonds is 10. The van der Waals surface area contributed by atoms with E-state index in [1.54, 1.807) is 42.6 Å². The molecule has 11 rings (SSSR count). The van der Waals surface area contributed by atoms with Crippen molar-refractivity contribution < 1.29 is 21.9 Å². The summed E-state index contributed by atoms with van der Waals surface area (Å²) in [6.45, 7) is 3.30. The van der Waals surface area contributed by atoms with Crippen LogP contribution in [0.3, 0.4) is 0 Å². The average Bonchev–Trinajstić information content (AvgIpc) is 3.51. The van der Waals surface area contributed by atoms with Gasteiger partial charge in [0.05, 0.1) is 21.4 Å². The van der Waals surface area contributed by atoms with Crippen LogP contribution in [0.1, 0.15) is 62.3 Å². The predicted molar refractivity (Wildman–Crippen MR) is 222 cm³/mol.